The third-order valence-corrected chi connectivity index (χ3v) is 13.0. The Balaban J connectivity index is 0.000000166. The molecule has 0 spiro atoms. The summed E-state index contributed by atoms with van der Waals surface area (Å²) in [6, 6.07) is 33.4. The molecule has 4 aromatic carbocycles. The van der Waals surface area contributed by atoms with Crippen molar-refractivity contribution in [3.8, 4) is 11.5 Å². The minimum atomic E-state index is -0.913. The first-order chi connectivity index (χ1) is 32.2. The molecule has 66 heavy (non-hydrogen) atoms. The van der Waals surface area contributed by atoms with E-state index in [0.29, 0.717) is 57.5 Å². The number of thiophene rings is 2. The predicted octanol–water partition coefficient (Wildman–Crippen LogP) is 10.5. The molecule has 0 fully saturated rings. The van der Waals surface area contributed by atoms with E-state index in [1.165, 1.54) is 35.3 Å². The van der Waals surface area contributed by atoms with E-state index in [9.17, 15) is 20.4 Å². The van der Waals surface area contributed by atoms with Crippen molar-refractivity contribution < 1.29 is 29.9 Å². The number of fused-ring (bicyclic) bond motifs is 6. The third-order valence-electron chi connectivity index (χ3n) is 10.3. The average molecular weight is 958 g/mol. The van der Waals surface area contributed by atoms with E-state index in [-0.39, 0.29) is 13.2 Å². The lowest BCUT2D eigenvalue weighted by molar-refractivity contribution is 0.0957. The van der Waals surface area contributed by atoms with E-state index >= 15 is 0 Å². The zero-order chi connectivity index (χ0) is 45.6. The van der Waals surface area contributed by atoms with Crippen LogP contribution in [0.25, 0.3) is 40.6 Å². The van der Waals surface area contributed by atoms with Gasteiger partial charge in [0.25, 0.3) is 0 Å². The highest BCUT2D eigenvalue weighted by molar-refractivity contribution is 7.26. The van der Waals surface area contributed by atoms with Crippen molar-refractivity contribution in [2.45, 2.75) is 25.4 Å². The fourth-order valence-electron chi connectivity index (χ4n) is 7.00. The number of nitrogens with zero attached hydrogens (tertiary/aromatic N) is 6. The lowest BCUT2D eigenvalue weighted by Crippen LogP contribution is -2.01. The molecule has 6 N–H and O–H groups in total. The van der Waals surface area contributed by atoms with Crippen molar-refractivity contribution in [1.82, 2.24) is 29.9 Å². The Labute approximate surface area is 394 Å². The van der Waals surface area contributed by atoms with Gasteiger partial charge in [0.2, 0.25) is 0 Å². The minimum absolute atomic E-state index is 0.327. The van der Waals surface area contributed by atoms with E-state index in [0.717, 1.165) is 63.4 Å². The standard InChI is InChI=1S/2C24H19ClN4O3S/c2*25-18-10-15(5-7-20(18)32-12-16-3-1-2-8-26-16)29-23-22-17-6-4-14(19(31)11-30)9-21(17)33-24(22)28-13-27-23/h2*1-10,13,19,30-31H,11-12H2,(H,27,28,29)/t2*19-/m10/s1. The summed E-state index contributed by atoms with van der Waals surface area (Å²) in [4.78, 5) is 27.8. The maximum absolute atomic E-state index is 9.95. The molecule has 0 amide bonds. The smallest absolute Gasteiger partial charge is 0.143 e. The van der Waals surface area contributed by atoms with Crippen LogP contribution < -0.4 is 20.1 Å². The number of ether oxygens (including phenoxy) is 2. The van der Waals surface area contributed by atoms with E-state index in [2.05, 4.69) is 40.5 Å². The van der Waals surface area contributed by atoms with E-state index in [4.69, 9.17) is 32.7 Å². The van der Waals surface area contributed by atoms with Gasteiger partial charge in [-0.25, -0.2) is 19.9 Å². The molecule has 0 aliphatic heterocycles. The monoisotopic (exact) mass is 956 g/mol. The molecule has 6 aromatic heterocycles. The molecular formula is C48H38Cl2N8O6S2. The number of hydrogen-bond donors (Lipinski definition) is 6. The van der Waals surface area contributed by atoms with Gasteiger partial charge in [0.05, 0.1) is 45.4 Å². The largest absolute Gasteiger partial charge is 0.486 e. The fraction of sp³-hybridized carbons (Fsp3) is 0.125. The molecule has 10 rings (SSSR count). The number of aliphatic hydroxyl groups is 4. The Morgan fingerprint density at radius 2 is 0.985 bits per heavy atom. The van der Waals surface area contributed by atoms with Crippen LogP contribution in [0, 0.1) is 0 Å². The molecule has 0 aliphatic carbocycles. The summed E-state index contributed by atoms with van der Waals surface area (Å²) in [5, 5.41) is 49.7. The number of pyridine rings is 2. The summed E-state index contributed by atoms with van der Waals surface area (Å²) >= 11 is 15.9. The van der Waals surface area contributed by atoms with Gasteiger partial charge in [0.15, 0.2) is 0 Å². The Morgan fingerprint density at radius 1 is 0.530 bits per heavy atom. The molecule has 14 nitrogen and oxygen atoms in total. The molecule has 6 heterocycles. The SMILES string of the molecule is OC[C@@H](O)c1ccc2c(c1)sc1ncnc(Nc3ccc(OCc4ccccn4)c(Cl)c3)c12.OC[C@H](O)c1ccc2c(c1)sc1ncnc(Nc3ccc(OCc4ccccn4)c(Cl)c3)c12. The highest BCUT2D eigenvalue weighted by Crippen LogP contribution is 2.41. The van der Waals surface area contributed by atoms with E-state index in [1.54, 1.807) is 48.8 Å². The van der Waals surface area contributed by atoms with Gasteiger partial charge in [-0.1, -0.05) is 59.6 Å². The molecule has 18 heteroatoms. The van der Waals surface area contributed by atoms with Crippen LogP contribution in [0.3, 0.4) is 0 Å². The van der Waals surface area contributed by atoms with Crippen LogP contribution in [0.4, 0.5) is 23.0 Å². The van der Waals surface area contributed by atoms with Crippen LogP contribution in [-0.4, -0.2) is 63.5 Å². The zero-order valence-corrected chi connectivity index (χ0v) is 37.7. The second kappa shape index (κ2) is 20.3. The number of nitrogens with one attached hydrogen (secondary N) is 2. The van der Waals surface area contributed by atoms with Crippen LogP contribution in [0.5, 0.6) is 11.5 Å². The van der Waals surface area contributed by atoms with Crippen molar-refractivity contribution >= 4 is 109 Å². The number of anilines is 4. The number of benzene rings is 4. The normalized spacial score (nSPS) is 12.2. The van der Waals surface area contributed by atoms with Crippen LogP contribution in [0.2, 0.25) is 10.0 Å². The first-order valence-electron chi connectivity index (χ1n) is 20.4. The van der Waals surface area contributed by atoms with Crippen LogP contribution in [0.1, 0.15) is 34.7 Å². The first-order valence-corrected chi connectivity index (χ1v) is 22.7. The van der Waals surface area contributed by atoms with Gasteiger partial charge in [-0.2, -0.15) is 0 Å². The molecule has 0 bridgehead atoms. The second-order valence-corrected chi connectivity index (χ2v) is 17.6. The van der Waals surface area contributed by atoms with Gasteiger partial charge in [0.1, 0.15) is 70.9 Å². The molecule has 332 valence electrons. The quantitative estimate of drug-likeness (QED) is 0.0601. The maximum atomic E-state index is 9.95. The molecule has 0 unspecified atom stereocenters. The predicted molar refractivity (Wildman–Crippen MR) is 261 cm³/mol. The number of aliphatic hydroxyl groups excluding tert-OH is 4. The lowest BCUT2D eigenvalue weighted by atomic mass is 10.1. The average Bonchev–Trinajstić information content (AvgIpc) is 3.92. The highest BCUT2D eigenvalue weighted by atomic mass is 35.5. The van der Waals surface area contributed by atoms with Gasteiger partial charge in [-0.3, -0.25) is 9.97 Å². The van der Waals surface area contributed by atoms with Crippen molar-refractivity contribution in [3.05, 3.63) is 167 Å². The van der Waals surface area contributed by atoms with E-state index in [1.807, 2.05) is 72.8 Å². The number of aromatic nitrogens is 6. The van der Waals surface area contributed by atoms with Crippen LogP contribution >= 0.6 is 45.9 Å². The summed E-state index contributed by atoms with van der Waals surface area (Å²) < 4.78 is 13.5. The topological polar surface area (TPSA) is 201 Å². The Bertz CT molecular complexity index is 3070. The van der Waals surface area contributed by atoms with Gasteiger partial charge in [-0.15, -0.1) is 22.7 Å². The Hall–Kier alpha value is -6.60. The maximum Gasteiger partial charge on any atom is 0.143 e. The van der Waals surface area contributed by atoms with Gasteiger partial charge < -0.3 is 40.5 Å². The summed E-state index contributed by atoms with van der Waals surface area (Å²) in [5.74, 6) is 2.44. The van der Waals surface area contributed by atoms with Crippen LogP contribution in [-0.2, 0) is 13.2 Å². The first kappa shape index (κ1) is 44.6. The van der Waals surface area contributed by atoms with Crippen molar-refractivity contribution in [3.63, 3.8) is 0 Å². The molecule has 0 radical (unpaired) electrons. The molecular weight excluding hydrogens is 920 g/mol. The van der Waals surface area contributed by atoms with E-state index < -0.39 is 12.2 Å². The summed E-state index contributed by atoms with van der Waals surface area (Å²) in [6.07, 6.45) is 4.64. The van der Waals surface area contributed by atoms with Crippen molar-refractivity contribution in [2.75, 3.05) is 23.8 Å². The number of rotatable bonds is 14. The number of halogens is 2. The summed E-state index contributed by atoms with van der Waals surface area (Å²) in [7, 11) is 0. The lowest BCUT2D eigenvalue weighted by Gasteiger charge is -2.11. The van der Waals surface area contributed by atoms with Crippen molar-refractivity contribution in [2.24, 2.45) is 0 Å². The van der Waals surface area contributed by atoms with Gasteiger partial charge >= 0.3 is 0 Å². The molecule has 10 aromatic rings. The summed E-state index contributed by atoms with van der Waals surface area (Å²) in [6.45, 7) is -0.00185. The Morgan fingerprint density at radius 3 is 1.38 bits per heavy atom. The molecule has 0 saturated heterocycles. The molecule has 2 atom stereocenters. The second-order valence-electron chi connectivity index (χ2n) is 14.7. The fourth-order valence-corrected chi connectivity index (χ4v) is 9.65. The molecule has 0 saturated carbocycles. The van der Waals surface area contributed by atoms with Gasteiger partial charge in [0, 0.05) is 43.9 Å². The highest BCUT2D eigenvalue weighted by Gasteiger charge is 2.17. The van der Waals surface area contributed by atoms with Crippen molar-refractivity contribution in [1.29, 1.82) is 0 Å². The Kier molecular flexibility index (Phi) is 13.7. The summed E-state index contributed by atoms with van der Waals surface area (Å²) in [5.41, 5.74) is 4.48. The van der Waals surface area contributed by atoms with Gasteiger partial charge in [-0.05, 0) is 83.9 Å². The zero-order valence-electron chi connectivity index (χ0n) is 34.5. The number of hydrogen-bond acceptors (Lipinski definition) is 16. The molecule has 0 aliphatic rings. The minimum Gasteiger partial charge on any atom is -0.486 e. The van der Waals surface area contributed by atoms with Crippen LogP contribution in [0.15, 0.2) is 134 Å². The third kappa shape index (κ3) is 9.96.